The van der Waals surface area contributed by atoms with Crippen LogP contribution in [0.25, 0.3) is 22.1 Å². The molecule has 2 heterocycles. The zero-order valence-corrected chi connectivity index (χ0v) is 45.7. The van der Waals surface area contributed by atoms with Crippen molar-refractivity contribution < 1.29 is 40.6 Å². The summed E-state index contributed by atoms with van der Waals surface area (Å²) in [6, 6.07) is 16.8. The smallest absolute Gasteiger partial charge is 0.147 e. The monoisotopic (exact) mass is 1080 g/mol. The third-order valence-electron chi connectivity index (χ3n) is 12.4. The van der Waals surface area contributed by atoms with Crippen LogP contribution in [-0.2, 0) is 38.8 Å². The van der Waals surface area contributed by atoms with Gasteiger partial charge < -0.3 is 25.5 Å². The molecule has 6 aromatic rings. The zero-order chi connectivity index (χ0) is 53.9. The van der Waals surface area contributed by atoms with Crippen molar-refractivity contribution in [1.82, 2.24) is 33.9 Å². The number of nitrogens with two attached hydrogens (primary N) is 3. The van der Waals surface area contributed by atoms with Crippen LogP contribution < -0.4 is 41.4 Å². The number of halogens is 1. The first-order valence-electron chi connectivity index (χ1n) is 23.3. The van der Waals surface area contributed by atoms with Gasteiger partial charge in [0.05, 0.1) is 36.2 Å². The third kappa shape index (κ3) is 13.9. The number of ketones is 2. The number of sulfonamides is 2. The van der Waals surface area contributed by atoms with E-state index in [-0.39, 0.29) is 71.0 Å². The van der Waals surface area contributed by atoms with Gasteiger partial charge in [-0.2, -0.15) is 0 Å². The van der Waals surface area contributed by atoms with E-state index < -0.39 is 32.1 Å². The average Bonchev–Trinajstić information content (AvgIpc) is 3.87. The Labute approximate surface area is 438 Å². The molecule has 2 unspecified atom stereocenters. The number of aliphatic imine (C=N–C) groups is 2. The Balaban J connectivity index is 0.000000317. The zero-order valence-electron chi connectivity index (χ0n) is 43.3. The number of ether oxygens (including phenoxy) is 2. The minimum atomic E-state index is -3.98. The molecular formula is C49H66BClN12O9S2. The van der Waals surface area contributed by atoms with E-state index >= 15 is 0 Å². The Kier molecular flexibility index (Phi) is 21.0. The maximum atomic E-state index is 13.2. The summed E-state index contributed by atoms with van der Waals surface area (Å²) in [6.45, 7) is 10.8. The summed E-state index contributed by atoms with van der Waals surface area (Å²) in [6.07, 6.45) is 1.55. The first-order chi connectivity index (χ1) is 34.5. The number of hydrogen-bond acceptors (Lipinski definition) is 15. The number of carbonyl (C=O) groups is 2. The minimum absolute atomic E-state index is 0. The van der Waals surface area contributed by atoms with Gasteiger partial charge in [-0.05, 0) is 101 Å². The molecule has 0 fully saturated rings. The number of nitrogens with zero attached hydrogens (tertiary/aromatic N) is 6. The minimum Gasteiger partial charge on any atom is -0.147 e. The summed E-state index contributed by atoms with van der Waals surface area (Å²) in [5.41, 5.74) is 24.6. The van der Waals surface area contributed by atoms with Crippen molar-refractivity contribution in [2.45, 2.75) is 89.1 Å². The van der Waals surface area contributed by atoms with E-state index in [4.69, 9.17) is 26.7 Å². The quantitative estimate of drug-likeness (QED) is 0.0193. The number of aromatic nitrogens is 4. The van der Waals surface area contributed by atoms with Crippen LogP contribution in [0.3, 0.4) is 0 Å². The number of nitrogens with one attached hydrogen (secondary N) is 3. The molecule has 0 bridgehead atoms. The fraction of sp³-hybridized carbons (Fsp3) is 0.388. The van der Waals surface area contributed by atoms with Crippen LogP contribution in [0, 0.1) is 41.5 Å². The molecule has 0 aliphatic carbocycles. The molecule has 0 amide bonds. The van der Waals surface area contributed by atoms with Crippen molar-refractivity contribution in [3.63, 3.8) is 0 Å². The van der Waals surface area contributed by atoms with Crippen LogP contribution in [0.4, 0.5) is 0 Å². The van der Waals surface area contributed by atoms with Gasteiger partial charge in [-0.3, -0.25) is 9.79 Å². The van der Waals surface area contributed by atoms with Crippen LogP contribution in [0.5, 0.6) is 11.5 Å². The molecule has 21 nitrogen and oxygen atoms in total. The van der Waals surface area contributed by atoms with Crippen LogP contribution in [0.15, 0.2) is 80.4 Å². The molecule has 2 atom stereocenters. The van der Waals surface area contributed by atoms with Crippen molar-refractivity contribution in [2.24, 2.45) is 41.3 Å². The number of para-hydroxylation sites is 4. The van der Waals surface area contributed by atoms with Crippen molar-refractivity contribution in [1.29, 1.82) is 0 Å². The Morgan fingerprint density at radius 3 is 1.49 bits per heavy atom. The van der Waals surface area contributed by atoms with E-state index in [0.29, 0.717) is 83.5 Å². The Bertz CT molecular complexity index is 3330. The molecule has 0 saturated heterocycles. The molecule has 0 aliphatic heterocycles. The van der Waals surface area contributed by atoms with E-state index in [1.54, 1.807) is 76.9 Å². The summed E-state index contributed by atoms with van der Waals surface area (Å²) in [5, 5.41) is 2.94. The second kappa shape index (κ2) is 26.0. The molecule has 398 valence electrons. The Hall–Kier alpha value is -6.73. The molecule has 0 radical (unpaired) electrons. The SMILES string of the molecule is COc1cc(C)c(S(=O)(=O)NC(N)=NCCCC(N)C(=O)c2nc3ccccc3n2C)c(C)c1C.COc1cc(C)c(S(=O)(=O)NC(N)=NCCCC(NCB=O)C(=O)c2nc3ccccc3n2C)c(C)c1C.Cl. The van der Waals surface area contributed by atoms with Gasteiger partial charge in [-0.1, -0.05) is 12.1 Å². The molecule has 25 heteroatoms. The summed E-state index contributed by atoms with van der Waals surface area (Å²) in [4.78, 5) is 43.3. The Morgan fingerprint density at radius 2 is 1.08 bits per heavy atom. The van der Waals surface area contributed by atoms with Crippen molar-refractivity contribution in [3.05, 3.63) is 106 Å². The fourth-order valence-corrected chi connectivity index (χ4v) is 11.4. The number of carbonyl (C=O) groups excluding carboxylic acids is 2. The van der Waals surface area contributed by atoms with Crippen molar-refractivity contribution in [3.8, 4) is 11.5 Å². The number of guanidine groups is 2. The number of Topliss-reactive ketones (excluding diaryl/α,β-unsaturated/α-hetero) is 2. The predicted molar refractivity (Wildman–Crippen MR) is 290 cm³/mol. The van der Waals surface area contributed by atoms with Gasteiger partial charge >= 0.3 is 173 Å². The number of aryl methyl sites for hydroxylation is 4. The fourth-order valence-electron chi connectivity index (χ4n) is 8.44. The number of hydrogen-bond donors (Lipinski definition) is 6. The predicted octanol–water partition coefficient (Wildman–Crippen LogP) is 4.24. The second-order valence-corrected chi connectivity index (χ2v) is 20.6. The molecule has 9 N–H and O–H groups in total. The van der Waals surface area contributed by atoms with E-state index in [0.717, 1.165) is 22.1 Å². The molecule has 4 aromatic carbocycles. The standard InChI is InChI=1S/C25H33BN6O5S.C24H32N6O4S.ClH/c1-15-13-21(37-5)16(2)17(3)23(15)38(35,36)31-25(27)28-12-8-10-19(29-14-26-34)22(33)24-30-18-9-6-7-11-20(18)32(24)4;1-14-13-20(34-5)15(2)16(3)22(14)35(32,33)29-24(26)27-12-8-9-17(25)21(31)23-28-18-10-6-7-11-19(18)30(23)4;/h6-7,9,11,13,19,29H,8,10,12,14H2,1-5H3,(H3,27,28,31);6-7,10-11,13,17H,8-9,12,25H2,1-5H3,(H3,26,27,29);1H. The first kappa shape index (κ1) is 59.8. The molecular weight excluding hydrogens is 1010 g/mol. The van der Waals surface area contributed by atoms with E-state index in [1.165, 1.54) is 14.2 Å². The topological polar surface area (TPSA) is 312 Å². The van der Waals surface area contributed by atoms with Crippen LogP contribution in [-0.4, -0.2) is 112 Å². The van der Waals surface area contributed by atoms with Crippen molar-refractivity contribution >= 4 is 85.2 Å². The van der Waals surface area contributed by atoms with E-state index in [1.807, 2.05) is 48.5 Å². The van der Waals surface area contributed by atoms with Gasteiger partial charge in [-0.15, -0.1) is 12.4 Å². The second-order valence-electron chi connectivity index (χ2n) is 17.4. The van der Waals surface area contributed by atoms with Gasteiger partial charge in [0.1, 0.15) is 11.5 Å². The van der Waals surface area contributed by atoms with Gasteiger partial charge in [-0.25, -0.2) is 18.1 Å². The molecule has 6 rings (SSSR count). The molecule has 2 aromatic heterocycles. The van der Waals surface area contributed by atoms with E-state index in [9.17, 15) is 31.1 Å². The molecule has 0 saturated carbocycles. The van der Waals surface area contributed by atoms with Gasteiger partial charge in [0.25, 0.3) is 10.0 Å². The summed E-state index contributed by atoms with van der Waals surface area (Å²) in [5.74, 6) is 0.813. The van der Waals surface area contributed by atoms with Gasteiger partial charge in [0, 0.05) is 13.6 Å². The molecule has 0 aliphatic rings. The average molecular weight is 1080 g/mol. The normalized spacial score (nSPS) is 12.8. The number of methoxy groups -OCH3 is 2. The number of imidazole rings is 2. The van der Waals surface area contributed by atoms with Gasteiger partial charge in [0.15, 0.2) is 5.82 Å². The van der Waals surface area contributed by atoms with E-state index in [2.05, 4.69) is 34.7 Å². The van der Waals surface area contributed by atoms with Gasteiger partial charge in [0.2, 0.25) is 11.7 Å². The van der Waals surface area contributed by atoms with Crippen molar-refractivity contribution in [2.75, 3.05) is 33.8 Å². The van der Waals surface area contributed by atoms with Crippen LogP contribution in [0.2, 0.25) is 0 Å². The third-order valence-corrected chi connectivity index (χ3v) is 15.7. The Morgan fingerprint density at radius 1 is 0.676 bits per heavy atom. The molecule has 74 heavy (non-hydrogen) atoms. The number of fused-ring (bicyclic) bond motifs is 2. The first-order valence-corrected chi connectivity index (χ1v) is 26.2. The number of benzene rings is 4. The van der Waals surface area contributed by atoms with Crippen LogP contribution >= 0.6 is 12.4 Å². The summed E-state index contributed by atoms with van der Waals surface area (Å²) in [7, 11) is -0.618. The maximum absolute atomic E-state index is 13.2. The summed E-state index contributed by atoms with van der Waals surface area (Å²) < 4.78 is 81.6. The van der Waals surface area contributed by atoms with Crippen LogP contribution in [0.1, 0.15) is 80.3 Å². The number of rotatable bonds is 21. The summed E-state index contributed by atoms with van der Waals surface area (Å²) >= 11 is 0. The molecule has 0 spiro atoms.